The van der Waals surface area contributed by atoms with E-state index in [-0.39, 0.29) is 5.91 Å². The van der Waals surface area contributed by atoms with Crippen molar-refractivity contribution < 1.29 is 14.7 Å². The summed E-state index contributed by atoms with van der Waals surface area (Å²) in [5.74, 6) is -0.792. The molecule has 0 saturated carbocycles. The molecule has 0 aromatic carbocycles. The predicted molar refractivity (Wildman–Crippen MR) is 65.1 cm³/mol. The minimum atomic E-state index is -1.20. The smallest absolute Gasteiger partial charge is 0.263 e. The molecule has 0 atom stereocenters. The largest absolute Gasteiger partial charge is 0.388 e. The van der Waals surface area contributed by atoms with Crippen molar-refractivity contribution in [3.8, 4) is 0 Å². The molecule has 1 aromatic rings. The second-order valence-corrected chi connectivity index (χ2v) is 5.49. The van der Waals surface area contributed by atoms with Crippen molar-refractivity contribution in [1.29, 1.82) is 0 Å². The summed E-state index contributed by atoms with van der Waals surface area (Å²) in [7, 11) is 0. The molecule has 0 bridgehead atoms. The van der Waals surface area contributed by atoms with Crippen molar-refractivity contribution in [2.24, 2.45) is 0 Å². The molecular formula is C13H16N2O3. The van der Waals surface area contributed by atoms with E-state index in [1.54, 1.807) is 27.7 Å². The third-order valence-corrected chi connectivity index (χ3v) is 3.74. The van der Waals surface area contributed by atoms with Crippen LogP contribution in [0.1, 0.15) is 48.4 Å². The Balaban J connectivity index is 2.53. The number of carbonyl (C=O) groups is 2. The molecule has 5 heteroatoms. The highest BCUT2D eigenvalue weighted by Gasteiger charge is 2.50. The van der Waals surface area contributed by atoms with E-state index >= 15 is 0 Å². The molecule has 2 rings (SSSR count). The van der Waals surface area contributed by atoms with Crippen LogP contribution in [-0.4, -0.2) is 37.9 Å². The zero-order valence-corrected chi connectivity index (χ0v) is 10.9. The summed E-state index contributed by atoms with van der Waals surface area (Å²) in [6, 6.07) is 1.52. The normalized spacial score (nSPS) is 16.2. The van der Waals surface area contributed by atoms with Gasteiger partial charge in [-0.15, -0.1) is 0 Å². The fourth-order valence-corrected chi connectivity index (χ4v) is 1.87. The summed E-state index contributed by atoms with van der Waals surface area (Å²) < 4.78 is 0. The van der Waals surface area contributed by atoms with E-state index in [1.807, 2.05) is 0 Å². The van der Waals surface area contributed by atoms with Crippen molar-refractivity contribution in [1.82, 2.24) is 9.88 Å². The predicted octanol–water partition coefficient (Wildman–Crippen LogP) is 1.23. The van der Waals surface area contributed by atoms with Crippen LogP contribution in [0.15, 0.2) is 18.5 Å². The molecule has 0 unspecified atom stereocenters. The Labute approximate surface area is 105 Å². The van der Waals surface area contributed by atoms with Crippen LogP contribution in [0.2, 0.25) is 0 Å². The molecule has 1 aliphatic heterocycles. The molecule has 0 aliphatic carbocycles. The first-order valence-electron chi connectivity index (χ1n) is 5.73. The summed E-state index contributed by atoms with van der Waals surface area (Å²) in [6.07, 6.45) is 2.86. The lowest BCUT2D eigenvalue weighted by Crippen LogP contribution is -2.59. The first-order valence-corrected chi connectivity index (χ1v) is 5.73. The number of amides is 2. The quantitative estimate of drug-likeness (QED) is 0.799. The van der Waals surface area contributed by atoms with Gasteiger partial charge in [-0.1, -0.05) is 0 Å². The Hall–Kier alpha value is -1.75. The number of aromatic nitrogens is 1. The van der Waals surface area contributed by atoms with Crippen LogP contribution >= 0.6 is 0 Å². The van der Waals surface area contributed by atoms with Crippen LogP contribution in [0.5, 0.6) is 0 Å². The summed E-state index contributed by atoms with van der Waals surface area (Å²) in [5, 5.41) is 10.2. The topological polar surface area (TPSA) is 70.5 Å². The van der Waals surface area contributed by atoms with E-state index < -0.39 is 17.0 Å². The zero-order chi connectivity index (χ0) is 13.7. The Morgan fingerprint density at radius 1 is 1.11 bits per heavy atom. The van der Waals surface area contributed by atoms with Crippen LogP contribution in [-0.2, 0) is 0 Å². The number of carbonyl (C=O) groups excluding carboxylic acids is 2. The zero-order valence-electron chi connectivity index (χ0n) is 10.9. The first kappa shape index (κ1) is 12.7. The number of imide groups is 1. The second-order valence-electron chi connectivity index (χ2n) is 5.49. The van der Waals surface area contributed by atoms with Gasteiger partial charge in [-0.05, 0) is 33.8 Å². The standard InChI is InChI=1S/C13H16N2O3/c1-12(2,13(3,4)18)15-10(16)8-5-6-14-7-9(8)11(15)17/h5-7,18H,1-4H3. The summed E-state index contributed by atoms with van der Waals surface area (Å²) in [5.41, 5.74) is -1.57. The molecule has 1 N–H and O–H groups in total. The maximum Gasteiger partial charge on any atom is 0.263 e. The number of pyridine rings is 1. The van der Waals surface area contributed by atoms with E-state index in [0.717, 1.165) is 4.90 Å². The second kappa shape index (κ2) is 3.62. The molecule has 18 heavy (non-hydrogen) atoms. The SMILES string of the molecule is CC(C)(O)C(C)(C)N1C(=O)c2ccncc2C1=O. The highest BCUT2D eigenvalue weighted by Crippen LogP contribution is 2.34. The van der Waals surface area contributed by atoms with E-state index in [1.165, 1.54) is 18.5 Å². The Kier molecular flexibility index (Phi) is 2.55. The van der Waals surface area contributed by atoms with Crippen molar-refractivity contribution in [3.05, 3.63) is 29.6 Å². The van der Waals surface area contributed by atoms with Crippen molar-refractivity contribution in [3.63, 3.8) is 0 Å². The van der Waals surface area contributed by atoms with Gasteiger partial charge in [0, 0.05) is 12.4 Å². The van der Waals surface area contributed by atoms with Crippen molar-refractivity contribution >= 4 is 11.8 Å². The number of hydrogen-bond donors (Lipinski definition) is 1. The fourth-order valence-electron chi connectivity index (χ4n) is 1.87. The number of nitrogens with zero attached hydrogens (tertiary/aromatic N) is 2. The van der Waals surface area contributed by atoms with Crippen LogP contribution in [0.4, 0.5) is 0 Å². The van der Waals surface area contributed by atoms with Crippen LogP contribution in [0.3, 0.4) is 0 Å². The minimum Gasteiger partial charge on any atom is -0.388 e. The van der Waals surface area contributed by atoms with Gasteiger partial charge in [0.05, 0.1) is 22.3 Å². The summed E-state index contributed by atoms with van der Waals surface area (Å²) >= 11 is 0. The van der Waals surface area contributed by atoms with E-state index in [0.29, 0.717) is 11.1 Å². The Bertz CT molecular complexity index is 494. The number of fused-ring (bicyclic) bond motifs is 1. The third-order valence-electron chi connectivity index (χ3n) is 3.74. The van der Waals surface area contributed by atoms with Gasteiger partial charge in [-0.3, -0.25) is 19.5 Å². The van der Waals surface area contributed by atoms with Gasteiger partial charge < -0.3 is 5.11 Å². The molecule has 1 aromatic heterocycles. The third kappa shape index (κ3) is 1.54. The molecular weight excluding hydrogens is 232 g/mol. The van der Waals surface area contributed by atoms with E-state index in [4.69, 9.17) is 0 Å². The molecule has 0 fully saturated rings. The lowest BCUT2D eigenvalue weighted by molar-refractivity contribution is -0.0486. The average Bonchev–Trinajstić information content (AvgIpc) is 2.51. The Morgan fingerprint density at radius 2 is 1.67 bits per heavy atom. The maximum atomic E-state index is 12.3. The number of aliphatic hydroxyl groups is 1. The van der Waals surface area contributed by atoms with Gasteiger partial charge in [0.1, 0.15) is 0 Å². The van der Waals surface area contributed by atoms with Crippen LogP contribution in [0.25, 0.3) is 0 Å². The molecule has 0 spiro atoms. The fraction of sp³-hybridized carbons (Fsp3) is 0.462. The molecule has 0 radical (unpaired) electrons. The van der Waals surface area contributed by atoms with Crippen molar-refractivity contribution in [2.45, 2.75) is 38.8 Å². The van der Waals surface area contributed by atoms with Gasteiger partial charge in [0.2, 0.25) is 0 Å². The van der Waals surface area contributed by atoms with Gasteiger partial charge >= 0.3 is 0 Å². The first-order chi connectivity index (χ1) is 8.18. The average molecular weight is 248 g/mol. The van der Waals surface area contributed by atoms with E-state index in [2.05, 4.69) is 4.98 Å². The van der Waals surface area contributed by atoms with Crippen LogP contribution < -0.4 is 0 Å². The molecule has 96 valence electrons. The molecule has 2 heterocycles. The minimum absolute atomic E-state index is 0.292. The van der Waals surface area contributed by atoms with Crippen molar-refractivity contribution in [2.75, 3.05) is 0 Å². The molecule has 1 aliphatic rings. The Morgan fingerprint density at radius 3 is 2.17 bits per heavy atom. The lowest BCUT2D eigenvalue weighted by Gasteiger charge is -2.43. The number of rotatable bonds is 2. The monoisotopic (exact) mass is 248 g/mol. The highest BCUT2D eigenvalue weighted by molar-refractivity contribution is 6.21. The van der Waals surface area contributed by atoms with Gasteiger partial charge in [0.15, 0.2) is 0 Å². The van der Waals surface area contributed by atoms with Gasteiger partial charge in [-0.2, -0.15) is 0 Å². The van der Waals surface area contributed by atoms with Gasteiger partial charge in [0.25, 0.3) is 11.8 Å². The molecule has 5 nitrogen and oxygen atoms in total. The summed E-state index contributed by atoms with van der Waals surface area (Å²) in [6.45, 7) is 6.49. The highest BCUT2D eigenvalue weighted by atomic mass is 16.3. The number of hydrogen-bond acceptors (Lipinski definition) is 4. The maximum absolute atomic E-state index is 12.3. The van der Waals surface area contributed by atoms with Crippen LogP contribution in [0, 0.1) is 0 Å². The lowest BCUT2D eigenvalue weighted by atomic mass is 9.84. The van der Waals surface area contributed by atoms with E-state index in [9.17, 15) is 14.7 Å². The summed E-state index contributed by atoms with van der Waals surface area (Å²) in [4.78, 5) is 29.5. The molecule has 2 amide bonds. The molecule has 0 saturated heterocycles. The van der Waals surface area contributed by atoms with Gasteiger partial charge in [-0.25, -0.2) is 0 Å².